The zero-order valence-corrected chi connectivity index (χ0v) is 17.3. The molecule has 0 bridgehead atoms. The molecule has 0 spiro atoms. The monoisotopic (exact) mass is 418 g/mol. The average Bonchev–Trinajstić information content (AvgIpc) is 3.28. The van der Waals surface area contributed by atoms with Crippen LogP contribution in [0.1, 0.15) is 12.8 Å². The van der Waals surface area contributed by atoms with Gasteiger partial charge in [0.05, 0.1) is 6.26 Å². The van der Waals surface area contributed by atoms with E-state index >= 15 is 0 Å². The molecule has 2 aromatic heterocycles. The molecule has 156 valence electrons. The van der Waals surface area contributed by atoms with Gasteiger partial charge in [-0.1, -0.05) is 0 Å². The number of aromatic nitrogens is 3. The maximum absolute atomic E-state index is 12.9. The Morgan fingerprint density at radius 3 is 2.21 bits per heavy atom. The summed E-state index contributed by atoms with van der Waals surface area (Å²) in [6.07, 6.45) is 7.87. The predicted molar refractivity (Wildman–Crippen MR) is 109 cm³/mol. The van der Waals surface area contributed by atoms with Crippen LogP contribution in [0.3, 0.4) is 0 Å². The number of carbonyl (C=O) groups excluding carboxylic acids is 1. The van der Waals surface area contributed by atoms with Crippen LogP contribution in [0, 0.1) is 5.92 Å². The molecule has 29 heavy (non-hydrogen) atoms. The Morgan fingerprint density at radius 1 is 0.966 bits per heavy atom. The summed E-state index contributed by atoms with van der Waals surface area (Å²) in [7, 11) is -3.17. The molecule has 2 aliphatic rings. The van der Waals surface area contributed by atoms with Gasteiger partial charge in [0, 0.05) is 63.6 Å². The first kappa shape index (κ1) is 19.8. The van der Waals surface area contributed by atoms with Crippen molar-refractivity contribution >= 4 is 21.7 Å². The molecule has 2 saturated heterocycles. The van der Waals surface area contributed by atoms with Crippen molar-refractivity contribution in [2.45, 2.75) is 12.8 Å². The first-order chi connectivity index (χ1) is 13.9. The van der Waals surface area contributed by atoms with Crippen LogP contribution in [-0.4, -0.2) is 83.6 Å². The summed E-state index contributed by atoms with van der Waals surface area (Å²) in [4.78, 5) is 25.7. The molecular weight excluding hydrogens is 392 g/mol. The third-order valence-corrected chi connectivity index (χ3v) is 7.00. The van der Waals surface area contributed by atoms with Crippen LogP contribution >= 0.6 is 0 Å². The van der Waals surface area contributed by atoms with E-state index < -0.39 is 10.0 Å². The molecule has 10 heteroatoms. The minimum absolute atomic E-state index is 0.0843. The van der Waals surface area contributed by atoms with E-state index in [4.69, 9.17) is 0 Å². The second kappa shape index (κ2) is 8.11. The van der Waals surface area contributed by atoms with Gasteiger partial charge in [-0.25, -0.2) is 22.7 Å². The molecular formula is C19H26N6O3S. The van der Waals surface area contributed by atoms with Gasteiger partial charge in [-0.05, 0) is 25.0 Å². The van der Waals surface area contributed by atoms with Crippen LogP contribution < -0.4 is 4.90 Å². The Balaban J connectivity index is 1.33. The molecule has 2 fully saturated rings. The highest BCUT2D eigenvalue weighted by atomic mass is 32.2. The van der Waals surface area contributed by atoms with Crippen molar-refractivity contribution in [1.29, 1.82) is 0 Å². The Bertz CT molecular complexity index is 946. The SMILES string of the molecule is CS(=O)(=O)N1CCC(C(=O)N2CCN(c3cc(-n4cccc4)ncn3)CC2)CC1. The molecule has 0 aliphatic carbocycles. The van der Waals surface area contributed by atoms with Crippen molar-refractivity contribution in [3.05, 3.63) is 36.9 Å². The van der Waals surface area contributed by atoms with Gasteiger partial charge in [-0.15, -0.1) is 0 Å². The lowest BCUT2D eigenvalue weighted by atomic mass is 9.96. The highest BCUT2D eigenvalue weighted by Gasteiger charge is 2.32. The first-order valence-corrected chi connectivity index (χ1v) is 11.7. The number of nitrogens with zero attached hydrogens (tertiary/aromatic N) is 6. The number of hydrogen-bond donors (Lipinski definition) is 0. The van der Waals surface area contributed by atoms with Gasteiger partial charge in [-0.3, -0.25) is 4.79 Å². The Labute approximate surface area is 171 Å². The van der Waals surface area contributed by atoms with Crippen molar-refractivity contribution in [2.24, 2.45) is 5.92 Å². The summed E-state index contributed by atoms with van der Waals surface area (Å²) in [5.74, 6) is 1.74. The lowest BCUT2D eigenvalue weighted by molar-refractivity contribution is -0.137. The van der Waals surface area contributed by atoms with Crippen molar-refractivity contribution in [2.75, 3.05) is 50.4 Å². The van der Waals surface area contributed by atoms with Crippen molar-refractivity contribution in [3.8, 4) is 5.82 Å². The van der Waals surface area contributed by atoms with E-state index in [-0.39, 0.29) is 11.8 Å². The van der Waals surface area contributed by atoms with E-state index in [0.717, 1.165) is 24.7 Å². The number of hydrogen-bond acceptors (Lipinski definition) is 6. The lowest BCUT2D eigenvalue weighted by Crippen LogP contribution is -2.52. The third-order valence-electron chi connectivity index (χ3n) is 5.69. The Hall–Kier alpha value is -2.46. The summed E-state index contributed by atoms with van der Waals surface area (Å²) in [5.41, 5.74) is 0. The molecule has 2 aliphatic heterocycles. The topological polar surface area (TPSA) is 91.6 Å². The number of piperazine rings is 1. The van der Waals surface area contributed by atoms with E-state index in [0.29, 0.717) is 39.0 Å². The van der Waals surface area contributed by atoms with E-state index in [1.165, 1.54) is 10.6 Å². The molecule has 0 aromatic carbocycles. The minimum Gasteiger partial charge on any atom is -0.353 e. The number of piperidine rings is 1. The van der Waals surface area contributed by atoms with Gasteiger partial charge in [0.1, 0.15) is 18.0 Å². The van der Waals surface area contributed by atoms with Crippen LogP contribution in [0.4, 0.5) is 5.82 Å². The van der Waals surface area contributed by atoms with Gasteiger partial charge in [-0.2, -0.15) is 0 Å². The number of sulfonamides is 1. The zero-order valence-electron chi connectivity index (χ0n) is 16.5. The number of carbonyl (C=O) groups is 1. The largest absolute Gasteiger partial charge is 0.353 e. The quantitative estimate of drug-likeness (QED) is 0.722. The molecule has 2 aromatic rings. The van der Waals surface area contributed by atoms with Crippen LogP contribution in [0.2, 0.25) is 0 Å². The fourth-order valence-electron chi connectivity index (χ4n) is 3.99. The standard InChI is InChI=1S/C19H26N6O3S/c1-29(27,28)25-8-4-16(5-9-25)19(26)24-12-10-23(11-13-24)18-14-17(20-15-21-18)22-6-2-3-7-22/h2-3,6-7,14-16H,4-5,8-13H2,1H3. The van der Waals surface area contributed by atoms with Crippen LogP contribution in [0.15, 0.2) is 36.9 Å². The highest BCUT2D eigenvalue weighted by molar-refractivity contribution is 7.88. The summed E-state index contributed by atoms with van der Waals surface area (Å²) in [5, 5.41) is 0. The summed E-state index contributed by atoms with van der Waals surface area (Å²) >= 11 is 0. The van der Waals surface area contributed by atoms with Gasteiger partial charge in [0.2, 0.25) is 15.9 Å². The van der Waals surface area contributed by atoms with Crippen LogP contribution in [0.5, 0.6) is 0 Å². The number of rotatable bonds is 4. The number of amides is 1. The van der Waals surface area contributed by atoms with Crippen LogP contribution in [-0.2, 0) is 14.8 Å². The second-order valence-corrected chi connectivity index (χ2v) is 9.56. The van der Waals surface area contributed by atoms with Gasteiger partial charge in [0.25, 0.3) is 0 Å². The molecule has 4 heterocycles. The van der Waals surface area contributed by atoms with Crippen molar-refractivity contribution < 1.29 is 13.2 Å². The van der Waals surface area contributed by atoms with E-state index in [1.807, 2.05) is 40.1 Å². The van der Waals surface area contributed by atoms with Gasteiger partial charge < -0.3 is 14.4 Å². The van der Waals surface area contributed by atoms with Crippen molar-refractivity contribution in [1.82, 2.24) is 23.7 Å². The van der Waals surface area contributed by atoms with Crippen LogP contribution in [0.25, 0.3) is 5.82 Å². The van der Waals surface area contributed by atoms with Gasteiger partial charge >= 0.3 is 0 Å². The summed E-state index contributed by atoms with van der Waals surface area (Å²) < 4.78 is 26.7. The molecule has 0 radical (unpaired) electrons. The smallest absolute Gasteiger partial charge is 0.225 e. The minimum atomic E-state index is -3.17. The Morgan fingerprint density at radius 2 is 1.59 bits per heavy atom. The third kappa shape index (κ3) is 4.43. The first-order valence-electron chi connectivity index (χ1n) is 9.86. The van der Waals surface area contributed by atoms with Crippen molar-refractivity contribution in [3.63, 3.8) is 0 Å². The van der Waals surface area contributed by atoms with E-state index in [2.05, 4.69) is 14.9 Å². The highest BCUT2D eigenvalue weighted by Crippen LogP contribution is 2.23. The maximum atomic E-state index is 12.9. The summed E-state index contributed by atoms with van der Waals surface area (Å²) in [6, 6.07) is 5.86. The summed E-state index contributed by atoms with van der Waals surface area (Å²) in [6.45, 7) is 3.59. The fraction of sp³-hybridized carbons (Fsp3) is 0.526. The second-order valence-electron chi connectivity index (χ2n) is 7.57. The molecule has 0 unspecified atom stereocenters. The molecule has 9 nitrogen and oxygen atoms in total. The average molecular weight is 419 g/mol. The molecule has 0 atom stereocenters. The lowest BCUT2D eigenvalue weighted by Gasteiger charge is -2.38. The molecule has 0 saturated carbocycles. The molecule has 1 amide bonds. The fourth-order valence-corrected chi connectivity index (χ4v) is 4.86. The zero-order chi connectivity index (χ0) is 20.4. The normalized spacial score (nSPS) is 19.5. The molecule has 0 N–H and O–H groups in total. The van der Waals surface area contributed by atoms with E-state index in [1.54, 1.807) is 6.33 Å². The predicted octanol–water partition coefficient (Wildman–Crippen LogP) is 0.588. The van der Waals surface area contributed by atoms with E-state index in [9.17, 15) is 13.2 Å². The maximum Gasteiger partial charge on any atom is 0.225 e. The number of anilines is 1. The molecule has 4 rings (SSSR count). The Kier molecular flexibility index (Phi) is 5.55. The van der Waals surface area contributed by atoms with Gasteiger partial charge in [0.15, 0.2) is 0 Å².